The van der Waals surface area contributed by atoms with E-state index in [2.05, 4.69) is 17.2 Å². The number of nitrogens with one attached hydrogen (secondary N) is 1. The topological polar surface area (TPSA) is 109 Å². The van der Waals surface area contributed by atoms with Crippen molar-refractivity contribution in [2.24, 2.45) is 17.8 Å². The highest BCUT2D eigenvalue weighted by molar-refractivity contribution is 5.93. The second kappa shape index (κ2) is 9.43. The van der Waals surface area contributed by atoms with Crippen molar-refractivity contribution >= 4 is 17.8 Å². The number of ether oxygens (including phenoxy) is 1. The third-order valence-corrected chi connectivity index (χ3v) is 6.05. The number of nitrogens with zero attached hydrogens (tertiary/aromatic N) is 2. The van der Waals surface area contributed by atoms with Gasteiger partial charge < -0.3 is 20.1 Å². The molecule has 3 fully saturated rings. The maximum absolute atomic E-state index is 12.2. The fraction of sp³-hybridized carbons (Fsp3) is 0.619. The molecule has 0 radical (unpaired) electrons. The van der Waals surface area contributed by atoms with Crippen molar-refractivity contribution in [2.75, 3.05) is 26.2 Å². The summed E-state index contributed by atoms with van der Waals surface area (Å²) in [6.45, 7) is 4.88. The number of carbonyl (C=O) groups is 3. The SMILES string of the molecule is CC1CC1C(=O)N1CC2(CCC(CNC(=O)c3cccnc3)CO2)C1.O=C(O)C(F)(F)F. The van der Waals surface area contributed by atoms with E-state index in [1.807, 2.05) is 4.90 Å². The van der Waals surface area contributed by atoms with Gasteiger partial charge in [0.15, 0.2) is 0 Å². The van der Waals surface area contributed by atoms with E-state index in [1.54, 1.807) is 24.5 Å². The summed E-state index contributed by atoms with van der Waals surface area (Å²) in [7, 11) is 0. The van der Waals surface area contributed by atoms with Crippen molar-refractivity contribution in [2.45, 2.75) is 38.0 Å². The summed E-state index contributed by atoms with van der Waals surface area (Å²) in [6, 6.07) is 3.52. The Morgan fingerprint density at radius 1 is 1.34 bits per heavy atom. The van der Waals surface area contributed by atoms with E-state index in [9.17, 15) is 22.8 Å². The Balaban J connectivity index is 0.000000360. The van der Waals surface area contributed by atoms with Gasteiger partial charge in [-0.15, -0.1) is 0 Å². The first-order valence-electron chi connectivity index (χ1n) is 10.4. The van der Waals surface area contributed by atoms with Gasteiger partial charge in [-0.05, 0) is 43.2 Å². The highest BCUT2D eigenvalue weighted by Gasteiger charge is 2.52. The Morgan fingerprint density at radius 3 is 2.47 bits per heavy atom. The van der Waals surface area contributed by atoms with Crippen molar-refractivity contribution < 1.29 is 37.4 Å². The smallest absolute Gasteiger partial charge is 0.475 e. The summed E-state index contributed by atoms with van der Waals surface area (Å²) in [5.41, 5.74) is 0.454. The van der Waals surface area contributed by atoms with Crippen LogP contribution < -0.4 is 5.32 Å². The molecule has 176 valence electrons. The molecule has 0 bridgehead atoms. The molecule has 3 unspecified atom stereocenters. The number of aromatic nitrogens is 1. The predicted molar refractivity (Wildman–Crippen MR) is 106 cm³/mol. The van der Waals surface area contributed by atoms with E-state index in [4.69, 9.17) is 14.6 Å². The van der Waals surface area contributed by atoms with E-state index in [0.717, 1.165) is 32.4 Å². The van der Waals surface area contributed by atoms with Crippen molar-refractivity contribution in [3.8, 4) is 0 Å². The van der Waals surface area contributed by atoms with Crippen molar-refractivity contribution in [3.63, 3.8) is 0 Å². The highest BCUT2D eigenvalue weighted by atomic mass is 19.4. The van der Waals surface area contributed by atoms with Crippen LogP contribution in [-0.2, 0) is 14.3 Å². The predicted octanol–water partition coefficient (Wildman–Crippen LogP) is 2.11. The monoisotopic (exact) mass is 457 g/mol. The molecule has 1 aliphatic carbocycles. The number of carbonyl (C=O) groups excluding carboxylic acids is 2. The molecule has 1 saturated carbocycles. The second-order valence-electron chi connectivity index (χ2n) is 8.67. The highest BCUT2D eigenvalue weighted by Crippen LogP contribution is 2.43. The molecule has 1 spiro atoms. The Morgan fingerprint density at radius 2 is 2.00 bits per heavy atom. The van der Waals surface area contributed by atoms with E-state index >= 15 is 0 Å². The number of alkyl halides is 3. The van der Waals surface area contributed by atoms with E-state index in [-0.39, 0.29) is 17.4 Å². The zero-order chi connectivity index (χ0) is 23.5. The van der Waals surface area contributed by atoms with Crippen LogP contribution in [0.3, 0.4) is 0 Å². The van der Waals surface area contributed by atoms with Gasteiger partial charge >= 0.3 is 12.1 Å². The largest absolute Gasteiger partial charge is 0.490 e. The molecule has 4 rings (SSSR count). The first-order valence-corrected chi connectivity index (χ1v) is 10.4. The number of carboxylic acid groups (broad SMARTS) is 1. The van der Waals surface area contributed by atoms with Crippen LogP contribution in [0.5, 0.6) is 0 Å². The number of aliphatic carboxylic acids is 1. The molecule has 3 heterocycles. The number of carboxylic acids is 1. The molecule has 1 aromatic rings. The van der Waals surface area contributed by atoms with Crippen molar-refractivity contribution in [1.82, 2.24) is 15.2 Å². The van der Waals surface area contributed by atoms with Crippen LogP contribution in [-0.4, -0.2) is 70.8 Å². The van der Waals surface area contributed by atoms with Crippen molar-refractivity contribution in [1.29, 1.82) is 0 Å². The second-order valence-corrected chi connectivity index (χ2v) is 8.67. The molecule has 3 atom stereocenters. The number of hydrogen-bond acceptors (Lipinski definition) is 5. The van der Waals surface area contributed by atoms with Crippen LogP contribution in [0, 0.1) is 17.8 Å². The molecule has 3 aliphatic rings. The van der Waals surface area contributed by atoms with Crippen LogP contribution in [0.2, 0.25) is 0 Å². The lowest BCUT2D eigenvalue weighted by molar-refractivity contribution is -0.192. The fourth-order valence-electron chi connectivity index (χ4n) is 3.87. The summed E-state index contributed by atoms with van der Waals surface area (Å²) in [6.07, 6.45) is 1.17. The van der Waals surface area contributed by atoms with Gasteiger partial charge in [-0.2, -0.15) is 13.2 Å². The average molecular weight is 457 g/mol. The average Bonchev–Trinajstić information content (AvgIpc) is 3.47. The normalized spacial score (nSPS) is 25.8. The quantitative estimate of drug-likeness (QED) is 0.717. The van der Waals surface area contributed by atoms with Gasteiger partial charge in [-0.1, -0.05) is 6.92 Å². The molecule has 8 nitrogen and oxygen atoms in total. The summed E-state index contributed by atoms with van der Waals surface area (Å²) in [5, 5.41) is 10.1. The van der Waals surface area contributed by atoms with Gasteiger partial charge in [0, 0.05) is 24.9 Å². The Bertz CT molecular complexity index is 833. The van der Waals surface area contributed by atoms with E-state index < -0.39 is 12.1 Å². The van der Waals surface area contributed by atoms with Gasteiger partial charge in [0.25, 0.3) is 5.91 Å². The minimum Gasteiger partial charge on any atom is -0.475 e. The molecule has 1 aromatic heterocycles. The molecular weight excluding hydrogens is 431 g/mol. The van der Waals surface area contributed by atoms with Crippen molar-refractivity contribution in [3.05, 3.63) is 30.1 Å². The van der Waals surface area contributed by atoms with Crippen LogP contribution in [0.15, 0.2) is 24.5 Å². The van der Waals surface area contributed by atoms with Gasteiger partial charge in [0.2, 0.25) is 5.91 Å². The van der Waals surface area contributed by atoms with E-state index in [1.165, 1.54) is 0 Å². The lowest BCUT2D eigenvalue weighted by Crippen LogP contribution is -2.66. The maximum Gasteiger partial charge on any atom is 0.490 e. The van der Waals surface area contributed by atoms with Gasteiger partial charge in [-0.3, -0.25) is 14.6 Å². The maximum atomic E-state index is 12.2. The van der Waals surface area contributed by atoms with Gasteiger partial charge in [0.1, 0.15) is 5.60 Å². The number of amides is 2. The van der Waals surface area contributed by atoms with Gasteiger partial charge in [-0.25, -0.2) is 4.79 Å². The molecule has 2 aliphatic heterocycles. The minimum atomic E-state index is -5.08. The fourth-order valence-corrected chi connectivity index (χ4v) is 3.87. The third kappa shape index (κ3) is 5.96. The van der Waals surface area contributed by atoms with Crippen LogP contribution >= 0.6 is 0 Å². The first kappa shape index (κ1) is 24.0. The number of hydrogen-bond donors (Lipinski definition) is 2. The molecule has 11 heteroatoms. The number of likely N-dealkylation sites (tertiary alicyclic amines) is 1. The third-order valence-electron chi connectivity index (χ3n) is 6.05. The molecule has 2 amide bonds. The number of pyridine rings is 1. The zero-order valence-electron chi connectivity index (χ0n) is 17.6. The Kier molecular flexibility index (Phi) is 7.06. The number of rotatable bonds is 4. The van der Waals surface area contributed by atoms with E-state index in [0.29, 0.717) is 36.5 Å². The van der Waals surface area contributed by atoms with Crippen LogP contribution in [0.1, 0.15) is 36.5 Å². The van der Waals surface area contributed by atoms with Gasteiger partial charge in [0.05, 0.1) is 25.3 Å². The lowest BCUT2D eigenvalue weighted by atomic mass is 9.82. The first-order chi connectivity index (χ1) is 15.0. The molecule has 32 heavy (non-hydrogen) atoms. The summed E-state index contributed by atoms with van der Waals surface area (Å²) in [5.74, 6) is -1.38. The van der Waals surface area contributed by atoms with Crippen LogP contribution in [0.25, 0.3) is 0 Å². The zero-order valence-corrected chi connectivity index (χ0v) is 17.6. The minimum absolute atomic E-state index is 0.0904. The summed E-state index contributed by atoms with van der Waals surface area (Å²) in [4.78, 5) is 39.1. The summed E-state index contributed by atoms with van der Waals surface area (Å²) < 4.78 is 37.8. The molecule has 0 aromatic carbocycles. The lowest BCUT2D eigenvalue weighted by Gasteiger charge is -2.53. The number of halogens is 3. The Hall–Kier alpha value is -2.69. The molecule has 2 saturated heterocycles. The molecular formula is C21H26F3N3O5. The standard InChI is InChI=1S/C19H25N3O3.C2HF3O2/c1-13-7-16(13)18(24)22-11-19(12-22)5-4-14(10-25-19)8-21-17(23)15-3-2-6-20-9-15;3-2(4,5)1(6)7/h2-3,6,9,13-14,16H,4-5,7-8,10-12H2,1H3,(H,21,23);(H,6,7). The Labute approximate surface area is 183 Å². The molecule has 2 N–H and O–H groups in total. The van der Waals surface area contributed by atoms with Crippen LogP contribution in [0.4, 0.5) is 13.2 Å². The summed E-state index contributed by atoms with van der Waals surface area (Å²) >= 11 is 0.